The quantitative estimate of drug-likeness (QED) is 0.808. The number of anilines is 2. The molecule has 4 rings (SSSR count). The zero-order valence-electron chi connectivity index (χ0n) is 14.3. The molecule has 2 aliphatic rings. The molecule has 7 nitrogen and oxygen atoms in total. The van der Waals surface area contributed by atoms with Gasteiger partial charge in [0.1, 0.15) is 0 Å². The molecule has 1 aromatic carbocycles. The van der Waals surface area contributed by atoms with E-state index in [1.54, 1.807) is 12.1 Å². The number of nitrogens with one attached hydrogen (secondary N) is 2. The summed E-state index contributed by atoms with van der Waals surface area (Å²) in [5.41, 5.74) is 1.37. The van der Waals surface area contributed by atoms with Gasteiger partial charge in [-0.05, 0) is 31.0 Å². The Hall–Kier alpha value is -2.48. The number of hydrogen-bond donors (Lipinski definition) is 2. The van der Waals surface area contributed by atoms with Crippen LogP contribution in [-0.4, -0.2) is 28.9 Å². The SMILES string of the molecule is O=C(Nc1ccc2nc(N3C(=O)CCC3=O)sc2c1)NC1CCCCC1. The van der Waals surface area contributed by atoms with Gasteiger partial charge in [0.25, 0.3) is 0 Å². The van der Waals surface area contributed by atoms with Crippen LogP contribution < -0.4 is 15.5 Å². The first-order valence-corrected chi connectivity index (χ1v) is 9.76. The minimum Gasteiger partial charge on any atom is -0.335 e. The Morgan fingerprint density at radius 3 is 2.58 bits per heavy atom. The summed E-state index contributed by atoms with van der Waals surface area (Å²) < 4.78 is 0.822. The highest BCUT2D eigenvalue weighted by Gasteiger charge is 2.32. The predicted molar refractivity (Wildman–Crippen MR) is 100 cm³/mol. The van der Waals surface area contributed by atoms with Crippen molar-refractivity contribution in [2.45, 2.75) is 51.0 Å². The van der Waals surface area contributed by atoms with Crippen LogP contribution >= 0.6 is 11.3 Å². The molecule has 0 spiro atoms. The van der Waals surface area contributed by atoms with Gasteiger partial charge in [-0.25, -0.2) is 14.7 Å². The third kappa shape index (κ3) is 3.41. The zero-order chi connectivity index (χ0) is 18.1. The van der Waals surface area contributed by atoms with E-state index in [0.717, 1.165) is 35.3 Å². The van der Waals surface area contributed by atoms with Gasteiger partial charge >= 0.3 is 6.03 Å². The predicted octanol–water partition coefficient (Wildman–Crippen LogP) is 3.40. The fourth-order valence-electron chi connectivity index (χ4n) is 3.48. The van der Waals surface area contributed by atoms with Crippen molar-refractivity contribution in [1.82, 2.24) is 10.3 Å². The van der Waals surface area contributed by atoms with Crippen LogP contribution in [0.15, 0.2) is 18.2 Å². The first kappa shape index (κ1) is 17.0. The van der Waals surface area contributed by atoms with Crippen LogP contribution in [0.3, 0.4) is 0 Å². The number of imide groups is 1. The Morgan fingerprint density at radius 1 is 1.12 bits per heavy atom. The molecule has 0 bridgehead atoms. The molecule has 2 fully saturated rings. The summed E-state index contributed by atoms with van der Waals surface area (Å²) >= 11 is 1.28. The summed E-state index contributed by atoms with van der Waals surface area (Å²) in [5.74, 6) is -0.418. The lowest BCUT2D eigenvalue weighted by Crippen LogP contribution is -2.38. The third-order valence-electron chi connectivity index (χ3n) is 4.82. The van der Waals surface area contributed by atoms with Crippen LogP contribution in [0.1, 0.15) is 44.9 Å². The molecule has 136 valence electrons. The Bertz CT molecular complexity index is 856. The molecule has 1 saturated heterocycles. The number of hydrogen-bond acceptors (Lipinski definition) is 5. The number of amides is 4. The number of carbonyl (C=O) groups excluding carboxylic acids is 3. The minimum absolute atomic E-state index is 0.203. The fraction of sp³-hybridized carbons (Fsp3) is 0.444. The summed E-state index contributed by atoms with van der Waals surface area (Å²) in [4.78, 5) is 41.5. The van der Waals surface area contributed by atoms with Gasteiger partial charge in [0.05, 0.1) is 10.2 Å². The summed E-state index contributed by atoms with van der Waals surface area (Å²) in [7, 11) is 0. The maximum Gasteiger partial charge on any atom is 0.319 e. The number of carbonyl (C=O) groups is 3. The molecule has 0 atom stereocenters. The lowest BCUT2D eigenvalue weighted by Gasteiger charge is -2.22. The molecule has 8 heteroatoms. The summed E-state index contributed by atoms with van der Waals surface area (Å²) in [6.45, 7) is 0. The van der Waals surface area contributed by atoms with Crippen LogP contribution in [0.5, 0.6) is 0 Å². The van der Waals surface area contributed by atoms with Crippen LogP contribution in [0.2, 0.25) is 0 Å². The first-order chi connectivity index (χ1) is 12.6. The van der Waals surface area contributed by atoms with Crippen molar-refractivity contribution in [2.24, 2.45) is 0 Å². The van der Waals surface area contributed by atoms with Gasteiger partial charge in [-0.15, -0.1) is 0 Å². The Morgan fingerprint density at radius 2 is 1.85 bits per heavy atom. The normalized spacial score (nSPS) is 18.5. The second kappa shape index (κ2) is 7.03. The smallest absolute Gasteiger partial charge is 0.319 e. The second-order valence-electron chi connectivity index (χ2n) is 6.74. The number of nitrogens with zero attached hydrogens (tertiary/aromatic N) is 2. The number of benzene rings is 1. The number of urea groups is 1. The highest BCUT2D eigenvalue weighted by atomic mass is 32.1. The molecule has 0 unspecified atom stereocenters. The van der Waals surface area contributed by atoms with Crippen LogP contribution in [-0.2, 0) is 9.59 Å². The topological polar surface area (TPSA) is 91.4 Å². The highest BCUT2D eigenvalue weighted by Crippen LogP contribution is 2.33. The molecule has 1 saturated carbocycles. The van der Waals surface area contributed by atoms with Crippen molar-refractivity contribution >= 4 is 50.2 Å². The van der Waals surface area contributed by atoms with Crippen molar-refractivity contribution < 1.29 is 14.4 Å². The molecule has 0 radical (unpaired) electrons. The maximum atomic E-state index is 12.2. The molecular formula is C18H20N4O3S. The van der Waals surface area contributed by atoms with Gasteiger partial charge in [0, 0.05) is 24.6 Å². The van der Waals surface area contributed by atoms with Crippen molar-refractivity contribution in [3.8, 4) is 0 Å². The van der Waals surface area contributed by atoms with Gasteiger partial charge < -0.3 is 10.6 Å². The lowest BCUT2D eigenvalue weighted by molar-refractivity contribution is -0.121. The van der Waals surface area contributed by atoms with Gasteiger partial charge in [-0.3, -0.25) is 9.59 Å². The second-order valence-corrected chi connectivity index (χ2v) is 7.74. The van der Waals surface area contributed by atoms with E-state index in [0.29, 0.717) is 16.3 Å². The number of fused-ring (bicyclic) bond motifs is 1. The third-order valence-corrected chi connectivity index (χ3v) is 5.82. The molecule has 1 aromatic heterocycles. The van der Waals surface area contributed by atoms with Gasteiger partial charge in [-0.1, -0.05) is 30.6 Å². The van der Waals surface area contributed by atoms with Crippen molar-refractivity contribution in [3.05, 3.63) is 18.2 Å². The maximum absolute atomic E-state index is 12.2. The van der Waals surface area contributed by atoms with E-state index in [1.165, 1.54) is 17.8 Å². The molecular weight excluding hydrogens is 352 g/mol. The minimum atomic E-state index is -0.209. The van der Waals surface area contributed by atoms with E-state index >= 15 is 0 Å². The van der Waals surface area contributed by atoms with Crippen LogP contribution in [0.4, 0.5) is 15.6 Å². The molecule has 26 heavy (non-hydrogen) atoms. The van der Waals surface area contributed by atoms with Crippen molar-refractivity contribution in [2.75, 3.05) is 10.2 Å². The van der Waals surface area contributed by atoms with E-state index in [4.69, 9.17) is 0 Å². The molecule has 1 aliphatic heterocycles. The standard InChI is InChI=1S/C18H20N4O3S/c23-15-8-9-16(24)22(15)18-21-13-7-6-12(10-14(13)26-18)20-17(25)19-11-4-2-1-3-5-11/h6-7,10-11H,1-5,8-9H2,(H2,19,20,25). The zero-order valence-corrected chi connectivity index (χ0v) is 15.1. The van der Waals surface area contributed by atoms with E-state index < -0.39 is 0 Å². The lowest BCUT2D eigenvalue weighted by atomic mass is 9.96. The summed E-state index contributed by atoms with van der Waals surface area (Å²) in [6.07, 6.45) is 6.10. The Balaban J connectivity index is 1.48. The van der Waals surface area contributed by atoms with E-state index in [2.05, 4.69) is 15.6 Å². The monoisotopic (exact) mass is 372 g/mol. The molecule has 2 N–H and O–H groups in total. The average Bonchev–Trinajstić information content (AvgIpc) is 3.17. The average molecular weight is 372 g/mol. The molecule has 2 heterocycles. The number of aromatic nitrogens is 1. The largest absolute Gasteiger partial charge is 0.335 e. The molecule has 2 aromatic rings. The highest BCUT2D eigenvalue weighted by molar-refractivity contribution is 7.22. The first-order valence-electron chi connectivity index (χ1n) is 8.94. The van der Waals surface area contributed by atoms with Crippen molar-refractivity contribution in [1.29, 1.82) is 0 Å². The number of rotatable bonds is 3. The van der Waals surface area contributed by atoms with Crippen molar-refractivity contribution in [3.63, 3.8) is 0 Å². The summed E-state index contributed by atoms with van der Waals surface area (Å²) in [6, 6.07) is 5.43. The molecule has 1 aliphatic carbocycles. The van der Waals surface area contributed by atoms with Crippen LogP contribution in [0.25, 0.3) is 10.2 Å². The van der Waals surface area contributed by atoms with Gasteiger partial charge in [0.15, 0.2) is 5.13 Å². The Kier molecular flexibility index (Phi) is 4.58. The fourth-order valence-corrected chi connectivity index (χ4v) is 4.52. The number of thiazole rings is 1. The van der Waals surface area contributed by atoms with E-state index in [-0.39, 0.29) is 36.7 Å². The Labute approximate surface area is 154 Å². The van der Waals surface area contributed by atoms with Crippen LogP contribution in [0, 0.1) is 0 Å². The van der Waals surface area contributed by atoms with Gasteiger partial charge in [0.2, 0.25) is 11.8 Å². The van der Waals surface area contributed by atoms with Gasteiger partial charge in [-0.2, -0.15) is 0 Å². The summed E-state index contributed by atoms with van der Waals surface area (Å²) in [5, 5.41) is 6.28. The molecule has 4 amide bonds. The van der Waals surface area contributed by atoms with E-state index in [1.807, 2.05) is 6.07 Å². The van der Waals surface area contributed by atoms with E-state index in [9.17, 15) is 14.4 Å².